The second-order valence-corrected chi connectivity index (χ2v) is 7.97. The molecule has 7 heteroatoms. The van der Waals surface area contributed by atoms with Gasteiger partial charge in [-0.2, -0.15) is 0 Å². The first kappa shape index (κ1) is 21.4. The van der Waals surface area contributed by atoms with E-state index < -0.39 is 17.8 Å². The van der Waals surface area contributed by atoms with Crippen LogP contribution < -0.4 is 14.8 Å². The highest BCUT2D eigenvalue weighted by atomic mass is 16.5. The second kappa shape index (κ2) is 9.96. The van der Waals surface area contributed by atoms with Crippen molar-refractivity contribution in [3.05, 3.63) is 23.8 Å². The van der Waals surface area contributed by atoms with E-state index in [2.05, 4.69) is 5.32 Å². The Morgan fingerprint density at radius 3 is 2.41 bits per heavy atom. The molecule has 2 aliphatic rings. The number of hydrogen-bond donors (Lipinski definition) is 1. The van der Waals surface area contributed by atoms with E-state index in [0.717, 1.165) is 18.4 Å². The van der Waals surface area contributed by atoms with E-state index >= 15 is 0 Å². The number of nitrogens with one attached hydrogen (secondary N) is 1. The number of methoxy groups -OCH3 is 1. The average molecular weight is 405 g/mol. The molecule has 2 fully saturated rings. The molecule has 1 aromatic rings. The van der Waals surface area contributed by atoms with Crippen molar-refractivity contribution in [2.24, 2.45) is 11.8 Å². The van der Waals surface area contributed by atoms with Gasteiger partial charge in [0.05, 0.1) is 31.2 Å². The molecule has 0 aromatic heterocycles. The Labute approximate surface area is 172 Å². The second-order valence-electron chi connectivity index (χ2n) is 7.97. The Morgan fingerprint density at radius 2 is 1.76 bits per heavy atom. The van der Waals surface area contributed by atoms with E-state index in [9.17, 15) is 9.59 Å². The Morgan fingerprint density at radius 1 is 1.07 bits per heavy atom. The van der Waals surface area contributed by atoms with Crippen LogP contribution in [0, 0.1) is 11.8 Å². The fourth-order valence-electron chi connectivity index (χ4n) is 3.84. The van der Waals surface area contributed by atoms with Gasteiger partial charge in [0.1, 0.15) is 6.61 Å². The van der Waals surface area contributed by atoms with Crippen molar-refractivity contribution in [3.63, 3.8) is 0 Å². The van der Waals surface area contributed by atoms with Gasteiger partial charge in [-0.3, -0.25) is 9.59 Å². The van der Waals surface area contributed by atoms with Crippen molar-refractivity contribution in [1.29, 1.82) is 0 Å². The number of hydrogen-bond acceptors (Lipinski definition) is 7. The highest BCUT2D eigenvalue weighted by Crippen LogP contribution is 2.33. The van der Waals surface area contributed by atoms with E-state index in [0.29, 0.717) is 24.6 Å². The summed E-state index contributed by atoms with van der Waals surface area (Å²) in [6, 6.07) is 5.54. The van der Waals surface area contributed by atoms with Gasteiger partial charge in [0, 0.05) is 13.1 Å². The maximum atomic E-state index is 12.6. The lowest BCUT2D eigenvalue weighted by molar-refractivity contribution is -0.161. The minimum atomic E-state index is -0.534. The van der Waals surface area contributed by atoms with Gasteiger partial charge in [0.2, 0.25) is 0 Å². The average Bonchev–Trinajstić information content (AvgIpc) is 3.37. The quantitative estimate of drug-likeness (QED) is 0.666. The van der Waals surface area contributed by atoms with Crippen LogP contribution in [0.2, 0.25) is 0 Å². The Hall–Kier alpha value is -2.28. The van der Waals surface area contributed by atoms with Crippen LogP contribution in [0.3, 0.4) is 0 Å². The van der Waals surface area contributed by atoms with E-state index in [1.54, 1.807) is 21.0 Å². The normalized spacial score (nSPS) is 21.9. The van der Waals surface area contributed by atoms with Crippen LogP contribution in [0.4, 0.5) is 0 Å². The zero-order chi connectivity index (χ0) is 20.8. The number of rotatable bonds is 8. The molecule has 1 saturated carbocycles. The molecule has 0 amide bonds. The van der Waals surface area contributed by atoms with Gasteiger partial charge in [-0.25, -0.2) is 0 Å². The lowest BCUT2D eigenvalue weighted by Gasteiger charge is -2.19. The van der Waals surface area contributed by atoms with E-state index in [4.69, 9.17) is 18.9 Å². The molecular formula is C22H31NO6. The van der Waals surface area contributed by atoms with Crippen molar-refractivity contribution in [3.8, 4) is 11.5 Å². The van der Waals surface area contributed by atoms with Gasteiger partial charge in [-0.05, 0) is 57.2 Å². The summed E-state index contributed by atoms with van der Waals surface area (Å²) in [5, 5.41) is 3.08. The maximum absolute atomic E-state index is 12.6. The Balaban J connectivity index is 1.59. The maximum Gasteiger partial charge on any atom is 0.311 e. The molecule has 0 bridgehead atoms. The molecular weight excluding hydrogens is 374 g/mol. The minimum absolute atomic E-state index is 0.117. The molecule has 7 nitrogen and oxygen atoms in total. The van der Waals surface area contributed by atoms with Crippen LogP contribution in [0.1, 0.15) is 45.1 Å². The number of ether oxygens (including phenoxy) is 4. The van der Waals surface area contributed by atoms with Crippen LogP contribution in [0.5, 0.6) is 11.5 Å². The summed E-state index contributed by atoms with van der Waals surface area (Å²) in [6.45, 7) is 4.54. The molecule has 2 atom stereocenters. The predicted molar refractivity (Wildman–Crippen MR) is 107 cm³/mol. The third kappa shape index (κ3) is 5.63. The zero-order valence-electron chi connectivity index (χ0n) is 17.4. The third-order valence-electron chi connectivity index (χ3n) is 5.38. The largest absolute Gasteiger partial charge is 0.493 e. The van der Waals surface area contributed by atoms with Gasteiger partial charge in [-0.15, -0.1) is 0 Å². The fourth-order valence-corrected chi connectivity index (χ4v) is 3.84. The molecule has 3 rings (SSSR count). The van der Waals surface area contributed by atoms with Crippen molar-refractivity contribution in [2.75, 3.05) is 20.2 Å². The molecule has 1 aliphatic heterocycles. The fraction of sp³-hybridized carbons (Fsp3) is 0.636. The summed E-state index contributed by atoms with van der Waals surface area (Å²) in [6.07, 6.45) is 4.45. The predicted octanol–water partition coefficient (Wildman–Crippen LogP) is 2.85. The summed E-state index contributed by atoms with van der Waals surface area (Å²) >= 11 is 0. The summed E-state index contributed by atoms with van der Waals surface area (Å²) in [5.41, 5.74) is 0.819. The summed E-state index contributed by atoms with van der Waals surface area (Å²) in [4.78, 5) is 24.8. The van der Waals surface area contributed by atoms with Crippen molar-refractivity contribution < 1.29 is 28.5 Å². The standard InChI is InChI=1S/C22H31NO6/c1-14(2)28-22(25)18-12-23-11-17(18)21(24)27-13-15-8-9-19(26-3)20(10-15)29-16-6-4-5-7-16/h8-10,14,16-18,23H,4-7,11-13H2,1-3H3/t17-,18-/m0/s1. The summed E-state index contributed by atoms with van der Waals surface area (Å²) in [7, 11) is 1.61. The molecule has 1 N–H and O–H groups in total. The van der Waals surface area contributed by atoms with Crippen molar-refractivity contribution in [1.82, 2.24) is 5.32 Å². The zero-order valence-corrected chi connectivity index (χ0v) is 17.4. The lowest BCUT2D eigenvalue weighted by atomic mass is 9.96. The number of carbonyl (C=O) groups is 2. The first-order chi connectivity index (χ1) is 14.0. The monoisotopic (exact) mass is 405 g/mol. The molecule has 0 unspecified atom stereocenters. The van der Waals surface area contributed by atoms with Crippen LogP contribution in [0.25, 0.3) is 0 Å². The van der Waals surface area contributed by atoms with Crippen molar-refractivity contribution >= 4 is 11.9 Å². The van der Waals surface area contributed by atoms with Crippen LogP contribution >= 0.6 is 0 Å². The Kier molecular flexibility index (Phi) is 7.36. The number of carbonyl (C=O) groups excluding carboxylic acids is 2. The molecule has 0 spiro atoms. The highest BCUT2D eigenvalue weighted by molar-refractivity contribution is 5.83. The smallest absolute Gasteiger partial charge is 0.311 e. The van der Waals surface area contributed by atoms with E-state index in [-0.39, 0.29) is 24.8 Å². The third-order valence-corrected chi connectivity index (χ3v) is 5.38. The molecule has 1 aliphatic carbocycles. The van der Waals surface area contributed by atoms with Crippen molar-refractivity contribution in [2.45, 2.75) is 58.3 Å². The molecule has 1 aromatic carbocycles. The highest BCUT2D eigenvalue weighted by Gasteiger charge is 2.40. The number of benzene rings is 1. The molecule has 1 saturated heterocycles. The van der Waals surface area contributed by atoms with Crippen LogP contribution in [-0.2, 0) is 25.7 Å². The first-order valence-corrected chi connectivity index (χ1v) is 10.4. The van der Waals surface area contributed by atoms with Gasteiger partial charge in [0.25, 0.3) is 0 Å². The van der Waals surface area contributed by atoms with Crippen LogP contribution in [0.15, 0.2) is 18.2 Å². The molecule has 1 heterocycles. The van der Waals surface area contributed by atoms with Gasteiger partial charge >= 0.3 is 11.9 Å². The number of esters is 2. The van der Waals surface area contributed by atoms with Gasteiger partial charge in [0.15, 0.2) is 11.5 Å². The van der Waals surface area contributed by atoms with Gasteiger partial charge < -0.3 is 24.3 Å². The summed E-state index contributed by atoms with van der Waals surface area (Å²) in [5.74, 6) is -0.452. The van der Waals surface area contributed by atoms with Crippen LogP contribution in [-0.4, -0.2) is 44.3 Å². The first-order valence-electron chi connectivity index (χ1n) is 10.4. The SMILES string of the molecule is COc1ccc(COC(=O)[C@H]2CNC[C@@H]2C(=O)OC(C)C)cc1OC1CCCC1. The van der Waals surface area contributed by atoms with E-state index in [1.165, 1.54) is 12.8 Å². The molecule has 0 radical (unpaired) electrons. The minimum Gasteiger partial charge on any atom is -0.493 e. The topological polar surface area (TPSA) is 83.1 Å². The summed E-state index contributed by atoms with van der Waals surface area (Å²) < 4.78 is 22.3. The lowest BCUT2D eigenvalue weighted by Crippen LogP contribution is -2.32. The molecule has 160 valence electrons. The Bertz CT molecular complexity index is 713. The van der Waals surface area contributed by atoms with Gasteiger partial charge in [-0.1, -0.05) is 6.07 Å². The van der Waals surface area contributed by atoms with E-state index in [1.807, 2.05) is 18.2 Å². The molecule has 29 heavy (non-hydrogen) atoms.